The van der Waals surface area contributed by atoms with Gasteiger partial charge in [0, 0.05) is 6.04 Å². The molecule has 0 bridgehead atoms. The molecule has 20 heavy (non-hydrogen) atoms. The average Bonchev–Trinajstić information content (AvgIpc) is 2.88. The number of halogens is 1. The van der Waals surface area contributed by atoms with Crippen LogP contribution in [0.5, 0.6) is 0 Å². The molecule has 4 nitrogen and oxygen atoms in total. The predicted molar refractivity (Wildman–Crippen MR) is 75.4 cm³/mol. The maximum Gasteiger partial charge on any atom is 0.250 e. The molecule has 0 saturated carbocycles. The first kappa shape index (κ1) is 15.1. The van der Waals surface area contributed by atoms with Crippen LogP contribution in [0.4, 0.5) is 4.39 Å². The molecule has 0 spiro atoms. The second-order valence-electron chi connectivity index (χ2n) is 4.33. The summed E-state index contributed by atoms with van der Waals surface area (Å²) in [6.45, 7) is 1.49. The fourth-order valence-electron chi connectivity index (χ4n) is 1.69. The summed E-state index contributed by atoms with van der Waals surface area (Å²) in [5, 5.41) is 10.6. The number of thiophene rings is 1. The first-order valence-electron chi connectivity index (χ1n) is 5.88. The highest BCUT2D eigenvalue weighted by molar-refractivity contribution is 7.91. The van der Waals surface area contributed by atoms with E-state index in [1.54, 1.807) is 12.3 Å². The van der Waals surface area contributed by atoms with E-state index in [0.717, 1.165) is 11.3 Å². The van der Waals surface area contributed by atoms with Crippen LogP contribution in [0.1, 0.15) is 24.1 Å². The molecule has 0 radical (unpaired) electrons. The molecular weight excluding hydrogens is 301 g/mol. The maximum atomic E-state index is 12.8. The highest BCUT2D eigenvalue weighted by Crippen LogP contribution is 2.23. The van der Waals surface area contributed by atoms with Crippen molar-refractivity contribution in [3.8, 4) is 0 Å². The fraction of sp³-hybridized carbons (Fsp3) is 0.231. The van der Waals surface area contributed by atoms with Crippen LogP contribution in [0.2, 0.25) is 0 Å². The van der Waals surface area contributed by atoms with Gasteiger partial charge in [0.05, 0.1) is 6.61 Å². The first-order chi connectivity index (χ1) is 9.42. The SMILES string of the molecule is CC(NS(=O)(=O)c1cc(CO)cs1)c1ccc(F)cc1. The molecule has 1 aromatic heterocycles. The number of nitrogens with one attached hydrogen (secondary N) is 1. The van der Waals surface area contributed by atoms with E-state index < -0.39 is 16.1 Å². The molecule has 0 aliphatic carbocycles. The Morgan fingerprint density at radius 2 is 2.00 bits per heavy atom. The molecule has 0 aliphatic rings. The van der Waals surface area contributed by atoms with Crippen molar-refractivity contribution in [3.63, 3.8) is 0 Å². The third kappa shape index (κ3) is 3.43. The van der Waals surface area contributed by atoms with Crippen LogP contribution in [-0.2, 0) is 16.6 Å². The molecule has 2 N–H and O–H groups in total. The van der Waals surface area contributed by atoms with E-state index in [1.807, 2.05) is 0 Å². The summed E-state index contributed by atoms with van der Waals surface area (Å²) >= 11 is 1.05. The van der Waals surface area contributed by atoms with Crippen LogP contribution in [0.15, 0.2) is 39.9 Å². The standard InChI is InChI=1S/C13H14FNO3S2/c1-9(11-2-4-12(14)5-3-11)15-20(17,18)13-6-10(7-16)8-19-13/h2-6,8-9,15-16H,7H2,1H3. The van der Waals surface area contributed by atoms with Gasteiger partial charge in [0.1, 0.15) is 10.0 Å². The fourth-order valence-corrected chi connectivity index (χ4v) is 4.14. The smallest absolute Gasteiger partial charge is 0.250 e. The van der Waals surface area contributed by atoms with Gasteiger partial charge in [-0.1, -0.05) is 12.1 Å². The minimum Gasteiger partial charge on any atom is -0.392 e. The first-order valence-corrected chi connectivity index (χ1v) is 8.25. The minimum atomic E-state index is -3.64. The predicted octanol–water partition coefficient (Wildman–Crippen LogP) is 2.42. The summed E-state index contributed by atoms with van der Waals surface area (Å²) in [5.74, 6) is -0.366. The average molecular weight is 315 g/mol. The van der Waals surface area contributed by atoms with E-state index in [0.29, 0.717) is 11.1 Å². The molecule has 1 atom stereocenters. The van der Waals surface area contributed by atoms with Crippen molar-refractivity contribution in [1.82, 2.24) is 4.72 Å². The van der Waals surface area contributed by atoms with Crippen LogP contribution in [0, 0.1) is 5.82 Å². The summed E-state index contributed by atoms with van der Waals surface area (Å²) in [6, 6.07) is 6.61. The highest BCUT2D eigenvalue weighted by atomic mass is 32.2. The third-order valence-corrected chi connectivity index (χ3v) is 5.81. The van der Waals surface area contributed by atoms with Crippen LogP contribution >= 0.6 is 11.3 Å². The van der Waals surface area contributed by atoms with Gasteiger partial charge in [0.25, 0.3) is 10.0 Å². The quantitative estimate of drug-likeness (QED) is 0.890. The Kier molecular flexibility index (Phi) is 4.54. The van der Waals surface area contributed by atoms with Crippen LogP contribution in [-0.4, -0.2) is 13.5 Å². The van der Waals surface area contributed by atoms with Crippen molar-refractivity contribution < 1.29 is 17.9 Å². The summed E-state index contributed by atoms with van der Waals surface area (Å²) in [5.41, 5.74) is 1.23. The van der Waals surface area contributed by atoms with E-state index in [1.165, 1.54) is 30.3 Å². The van der Waals surface area contributed by atoms with Crippen molar-refractivity contribution in [1.29, 1.82) is 0 Å². The number of hydrogen-bond donors (Lipinski definition) is 2. The molecule has 108 valence electrons. The van der Waals surface area contributed by atoms with E-state index in [-0.39, 0.29) is 16.6 Å². The molecule has 0 fully saturated rings. The number of hydrogen-bond acceptors (Lipinski definition) is 4. The molecule has 2 rings (SSSR count). The minimum absolute atomic E-state index is 0.149. The van der Waals surface area contributed by atoms with Gasteiger partial charge in [-0.3, -0.25) is 0 Å². The van der Waals surface area contributed by atoms with E-state index in [9.17, 15) is 12.8 Å². The van der Waals surface area contributed by atoms with Gasteiger partial charge in [-0.15, -0.1) is 11.3 Å². The zero-order valence-electron chi connectivity index (χ0n) is 10.7. The van der Waals surface area contributed by atoms with Crippen LogP contribution < -0.4 is 4.72 Å². The molecule has 1 heterocycles. The Bertz CT molecular complexity index is 680. The lowest BCUT2D eigenvalue weighted by Gasteiger charge is -2.13. The maximum absolute atomic E-state index is 12.8. The number of aliphatic hydroxyl groups is 1. The van der Waals surface area contributed by atoms with E-state index in [2.05, 4.69) is 4.72 Å². The number of aliphatic hydroxyl groups excluding tert-OH is 1. The Hall–Kier alpha value is -1.28. The van der Waals surface area contributed by atoms with Crippen molar-refractivity contribution >= 4 is 21.4 Å². The van der Waals surface area contributed by atoms with E-state index in [4.69, 9.17) is 5.11 Å². The Balaban J connectivity index is 2.17. The van der Waals surface area contributed by atoms with Crippen molar-refractivity contribution in [2.75, 3.05) is 0 Å². The van der Waals surface area contributed by atoms with Gasteiger partial charge in [-0.2, -0.15) is 0 Å². The largest absolute Gasteiger partial charge is 0.392 e. The van der Waals surface area contributed by atoms with Crippen molar-refractivity contribution in [2.24, 2.45) is 0 Å². The molecule has 0 aliphatic heterocycles. The van der Waals surface area contributed by atoms with E-state index >= 15 is 0 Å². The summed E-state index contributed by atoms with van der Waals surface area (Å²) in [4.78, 5) is 0. The molecule has 1 unspecified atom stereocenters. The zero-order chi connectivity index (χ0) is 14.8. The van der Waals surface area contributed by atoms with Gasteiger partial charge in [0.15, 0.2) is 0 Å². The van der Waals surface area contributed by atoms with Gasteiger partial charge in [-0.05, 0) is 41.6 Å². The van der Waals surface area contributed by atoms with Crippen LogP contribution in [0.25, 0.3) is 0 Å². The second kappa shape index (κ2) is 6.01. The number of benzene rings is 1. The normalized spacial score (nSPS) is 13.3. The lowest BCUT2D eigenvalue weighted by atomic mass is 10.1. The topological polar surface area (TPSA) is 66.4 Å². The van der Waals surface area contributed by atoms with Gasteiger partial charge >= 0.3 is 0 Å². The number of sulfonamides is 1. The monoisotopic (exact) mass is 315 g/mol. The van der Waals surface area contributed by atoms with Gasteiger partial charge < -0.3 is 5.11 Å². The molecule has 7 heteroatoms. The van der Waals surface area contributed by atoms with Crippen molar-refractivity contribution in [3.05, 3.63) is 52.7 Å². The molecular formula is C13H14FNO3S2. The molecule has 2 aromatic rings. The highest BCUT2D eigenvalue weighted by Gasteiger charge is 2.20. The molecule has 0 amide bonds. The summed E-state index contributed by atoms with van der Waals surface area (Å²) in [6.07, 6.45) is 0. The van der Waals surface area contributed by atoms with Gasteiger partial charge in [0.2, 0.25) is 0 Å². The molecule has 1 aromatic carbocycles. The van der Waals surface area contributed by atoms with Gasteiger partial charge in [-0.25, -0.2) is 17.5 Å². The summed E-state index contributed by atoms with van der Waals surface area (Å²) in [7, 11) is -3.64. The van der Waals surface area contributed by atoms with Crippen molar-refractivity contribution in [2.45, 2.75) is 23.8 Å². The molecule has 0 saturated heterocycles. The third-order valence-electron chi connectivity index (χ3n) is 2.78. The lowest BCUT2D eigenvalue weighted by Crippen LogP contribution is -2.26. The Labute approximate surface area is 120 Å². The van der Waals surface area contributed by atoms with Crippen LogP contribution in [0.3, 0.4) is 0 Å². The Morgan fingerprint density at radius 1 is 1.35 bits per heavy atom. The lowest BCUT2D eigenvalue weighted by molar-refractivity contribution is 0.282. The Morgan fingerprint density at radius 3 is 2.55 bits per heavy atom. The second-order valence-corrected chi connectivity index (χ2v) is 7.18. The number of rotatable bonds is 5. The zero-order valence-corrected chi connectivity index (χ0v) is 12.3. The summed E-state index contributed by atoms with van der Waals surface area (Å²) < 4.78 is 39.8.